The predicted octanol–water partition coefficient (Wildman–Crippen LogP) is 1.58. The van der Waals surface area contributed by atoms with Crippen molar-refractivity contribution in [3.63, 3.8) is 0 Å². The normalized spacial score (nSPS) is 12.8. The van der Waals surface area contributed by atoms with E-state index in [1.54, 1.807) is 0 Å². The number of benzene rings is 2. The van der Waals surface area contributed by atoms with Crippen LogP contribution in [0.25, 0.3) is 11.1 Å². The van der Waals surface area contributed by atoms with Gasteiger partial charge < -0.3 is 24.8 Å². The van der Waals surface area contributed by atoms with Gasteiger partial charge in [0, 0.05) is 0 Å². The smallest absolute Gasteiger partial charge is 1.00 e. The first kappa shape index (κ1) is 31.4. The summed E-state index contributed by atoms with van der Waals surface area (Å²) in [5, 5.41) is 0. The maximum absolute atomic E-state index is 3.33. The largest absolute Gasteiger partial charge is 1.00 e. The molecule has 4 rings (SSSR count). The van der Waals surface area contributed by atoms with Crippen LogP contribution in [0.4, 0.5) is 0 Å². The van der Waals surface area contributed by atoms with Gasteiger partial charge in [-0.1, -0.05) is 62.1 Å². The molecular weight excluding hydrogens is 658 g/mol. The molecule has 0 saturated carbocycles. The van der Waals surface area contributed by atoms with E-state index in [1.165, 1.54) is 54.7 Å². The Morgan fingerprint density at radius 2 is 1.12 bits per heavy atom. The van der Waals surface area contributed by atoms with Gasteiger partial charge in [0.2, 0.25) is 0 Å². The second-order valence-electron chi connectivity index (χ2n) is 7.50. The molecule has 0 amide bonds. The third kappa shape index (κ3) is 11.5. The van der Waals surface area contributed by atoms with Crippen LogP contribution in [-0.4, -0.2) is 10.1 Å². The third-order valence-electron chi connectivity index (χ3n) is 4.68. The van der Waals surface area contributed by atoms with Crippen LogP contribution in [0.2, 0.25) is 11.5 Å². The molecule has 0 N–H and O–H groups in total. The van der Waals surface area contributed by atoms with Crippen molar-refractivity contribution in [2.24, 2.45) is 0 Å². The van der Waals surface area contributed by atoms with Crippen molar-refractivity contribution >= 4 is 21.2 Å². The van der Waals surface area contributed by atoms with Crippen LogP contribution in [0.15, 0.2) is 72.8 Å². The second kappa shape index (κ2) is 17.8. The molecule has 0 radical (unpaired) electrons. The van der Waals surface area contributed by atoms with Crippen LogP contribution in [0.3, 0.4) is 0 Å². The van der Waals surface area contributed by atoms with Gasteiger partial charge in [-0.05, 0) is 12.8 Å². The summed E-state index contributed by atoms with van der Waals surface area (Å²) in [6, 6.07) is 17.4. The summed E-state index contributed by atoms with van der Waals surface area (Å²) in [4.78, 5) is 0. The molecule has 2 aromatic rings. The molecule has 2 aliphatic carbocycles. The van der Waals surface area contributed by atoms with Crippen LogP contribution >= 0.6 is 0 Å². The Morgan fingerprint density at radius 1 is 0.750 bits per heavy atom. The van der Waals surface area contributed by atoms with E-state index in [1.807, 2.05) is 0 Å². The summed E-state index contributed by atoms with van der Waals surface area (Å²) in [7, 11) is -0.194. The fraction of sp³-hybridized carbons (Fsp3) is 0.286. The molecular formula is C28H32Cl2GeHf-2. The van der Waals surface area contributed by atoms with Crippen molar-refractivity contribution < 1.29 is 46.1 Å². The van der Waals surface area contributed by atoms with Gasteiger partial charge in [0.1, 0.15) is 0 Å². The van der Waals surface area contributed by atoms with Gasteiger partial charge in [0.25, 0.3) is 0 Å². The SMILES string of the molecule is CCc1cccc(C2=[C-]CC=C2)c1.CCc1cccc(C2=[C-]CC=C2)c1.[CH3][Ge]([CH3])=[Hf+2].[Cl-].[Cl-]. The Labute approximate surface area is 223 Å². The number of hydrogen-bond donors (Lipinski definition) is 0. The zero-order chi connectivity index (χ0) is 21.8. The molecule has 0 bridgehead atoms. The van der Waals surface area contributed by atoms with E-state index in [2.05, 4.69) is 110 Å². The average Bonchev–Trinajstić information content (AvgIpc) is 3.48. The van der Waals surface area contributed by atoms with Crippen molar-refractivity contribution in [2.75, 3.05) is 0 Å². The van der Waals surface area contributed by atoms with E-state index < -0.39 is 0 Å². The van der Waals surface area contributed by atoms with Crippen molar-refractivity contribution in [1.29, 1.82) is 0 Å². The van der Waals surface area contributed by atoms with Crippen molar-refractivity contribution in [3.8, 4) is 0 Å². The van der Waals surface area contributed by atoms with Gasteiger partial charge >= 0.3 is 42.8 Å². The summed E-state index contributed by atoms with van der Waals surface area (Å²) >= 11 is 1.52. The fourth-order valence-electron chi connectivity index (χ4n) is 3.12. The molecule has 2 aliphatic rings. The molecule has 4 heteroatoms. The minimum atomic E-state index is -0.194. The maximum atomic E-state index is 3.33. The summed E-state index contributed by atoms with van der Waals surface area (Å²) in [6.07, 6.45) is 19.4. The second-order valence-corrected chi connectivity index (χ2v) is 30.4. The minimum absolute atomic E-state index is 0. The summed E-state index contributed by atoms with van der Waals surface area (Å²) in [5.41, 5.74) is 7.88. The molecule has 2 aromatic carbocycles. The van der Waals surface area contributed by atoms with Gasteiger partial charge in [-0.25, -0.2) is 0 Å². The van der Waals surface area contributed by atoms with Gasteiger partial charge in [-0.2, -0.15) is 35.5 Å². The molecule has 0 heterocycles. The van der Waals surface area contributed by atoms with Crippen molar-refractivity contribution in [1.82, 2.24) is 0 Å². The monoisotopic (exact) mass is 692 g/mol. The Hall–Kier alpha value is -0.607. The maximum Gasteiger partial charge on any atom is -1.00 e. The quantitative estimate of drug-likeness (QED) is 0.338. The predicted molar refractivity (Wildman–Crippen MR) is 130 cm³/mol. The average molecular weight is 691 g/mol. The standard InChI is InChI=1S/2C13H13.C2H6Ge.2ClH.Hf/c2*1-2-11-6-5-9-13(10-11)12-7-3-4-8-12;1-3-2;;;/h2*3,5-7,9-10H,2,4H2,1H3;1-2H3;2*1H;/q2*-1;;;;+2/p-2. The molecule has 0 unspecified atom stereocenters. The Balaban J connectivity index is 0.000000490. The Bertz CT molecular complexity index is 893. The number of allylic oxidation sites excluding steroid dienone is 8. The van der Waals surface area contributed by atoms with E-state index >= 15 is 0 Å². The number of aryl methyl sites for hydroxylation is 2. The topological polar surface area (TPSA) is 0 Å². The Morgan fingerprint density at radius 3 is 1.41 bits per heavy atom. The molecule has 0 atom stereocenters. The molecule has 0 nitrogen and oxygen atoms in total. The first-order chi connectivity index (χ1) is 14.5. The van der Waals surface area contributed by atoms with Crippen LogP contribution < -0.4 is 24.8 Å². The van der Waals surface area contributed by atoms with Gasteiger partial charge in [-0.15, -0.1) is 47.5 Å². The van der Waals surface area contributed by atoms with Gasteiger partial charge in [0.05, 0.1) is 0 Å². The summed E-state index contributed by atoms with van der Waals surface area (Å²) in [5.74, 6) is 4.79. The molecule has 0 aliphatic heterocycles. The molecule has 32 heavy (non-hydrogen) atoms. The van der Waals surface area contributed by atoms with E-state index in [4.69, 9.17) is 0 Å². The summed E-state index contributed by atoms with van der Waals surface area (Å²) < 4.78 is 0. The zero-order valence-corrected chi connectivity index (χ0v) is 26.7. The first-order valence-electron chi connectivity index (χ1n) is 10.8. The molecule has 0 aromatic heterocycles. The fourth-order valence-corrected chi connectivity index (χ4v) is 3.12. The van der Waals surface area contributed by atoms with Crippen LogP contribution in [0.5, 0.6) is 0 Å². The zero-order valence-electron chi connectivity index (χ0n) is 19.5. The van der Waals surface area contributed by atoms with E-state index in [-0.39, 0.29) is 34.9 Å². The van der Waals surface area contributed by atoms with Crippen molar-refractivity contribution in [3.05, 3.63) is 107 Å². The number of hydrogen-bond acceptors (Lipinski definition) is 0. The Kier molecular flexibility index (Phi) is 17.5. The van der Waals surface area contributed by atoms with E-state index in [0.29, 0.717) is 0 Å². The molecule has 168 valence electrons. The number of halogens is 2. The summed E-state index contributed by atoms with van der Waals surface area (Å²) in [6.45, 7) is 4.36. The minimum Gasteiger partial charge on any atom is -1.00 e. The molecule has 0 spiro atoms. The molecule has 0 saturated heterocycles. The van der Waals surface area contributed by atoms with E-state index in [9.17, 15) is 0 Å². The van der Waals surface area contributed by atoms with Gasteiger partial charge in [0.15, 0.2) is 0 Å². The first-order valence-corrected chi connectivity index (χ1v) is 25.4. The van der Waals surface area contributed by atoms with Gasteiger partial charge in [-0.3, -0.25) is 0 Å². The van der Waals surface area contributed by atoms with Crippen LogP contribution in [-0.2, 0) is 34.1 Å². The molecule has 0 fully saturated rings. The third-order valence-corrected chi connectivity index (χ3v) is 4.68. The number of rotatable bonds is 4. The van der Waals surface area contributed by atoms with Crippen LogP contribution in [0, 0.1) is 12.2 Å². The van der Waals surface area contributed by atoms with Crippen LogP contribution in [0.1, 0.15) is 48.9 Å². The van der Waals surface area contributed by atoms with Crippen molar-refractivity contribution in [2.45, 2.75) is 51.0 Å². The van der Waals surface area contributed by atoms with E-state index in [0.717, 1.165) is 25.7 Å².